The second-order valence-corrected chi connectivity index (χ2v) is 12.2. The van der Waals surface area contributed by atoms with Gasteiger partial charge in [0.25, 0.3) is 15.9 Å². The summed E-state index contributed by atoms with van der Waals surface area (Å²) >= 11 is 0. The standard InChI is InChI=1S/C25H29N3O6S2/c1-18-5-6-19(2)24(15-18)27-35(30,31)22-13-9-21(10-14-22)34-17-25(29)26-16-20-7-11-23(12-8-20)36(32,33)28(3)4/h5-15,27H,16-17H2,1-4H3,(H,26,29). The van der Waals surface area contributed by atoms with Crippen LogP contribution < -0.4 is 14.8 Å². The van der Waals surface area contributed by atoms with Crippen LogP contribution in [0.15, 0.2) is 76.5 Å². The third-order valence-corrected chi connectivity index (χ3v) is 8.54. The van der Waals surface area contributed by atoms with Crippen LogP contribution in [0.25, 0.3) is 0 Å². The number of ether oxygens (including phenoxy) is 1. The Morgan fingerprint density at radius 3 is 2.08 bits per heavy atom. The number of nitrogens with one attached hydrogen (secondary N) is 2. The number of anilines is 1. The molecular formula is C25H29N3O6S2. The van der Waals surface area contributed by atoms with E-state index in [9.17, 15) is 21.6 Å². The first kappa shape index (κ1) is 27.2. The minimum Gasteiger partial charge on any atom is -0.484 e. The number of rotatable bonds is 10. The zero-order chi connectivity index (χ0) is 26.5. The van der Waals surface area contributed by atoms with Gasteiger partial charge in [0.1, 0.15) is 5.75 Å². The first-order chi connectivity index (χ1) is 16.9. The number of hydrogen-bond acceptors (Lipinski definition) is 6. The fourth-order valence-corrected chi connectivity index (χ4v) is 5.18. The zero-order valence-electron chi connectivity index (χ0n) is 20.5. The van der Waals surface area contributed by atoms with Crippen LogP contribution in [0.3, 0.4) is 0 Å². The number of amides is 1. The molecule has 0 aromatic heterocycles. The van der Waals surface area contributed by atoms with E-state index in [0.717, 1.165) is 21.0 Å². The highest BCUT2D eigenvalue weighted by Gasteiger charge is 2.17. The van der Waals surface area contributed by atoms with Crippen LogP contribution in [0.5, 0.6) is 5.75 Å². The van der Waals surface area contributed by atoms with Crippen molar-refractivity contribution >= 4 is 31.6 Å². The Bertz CT molecular complexity index is 1430. The maximum atomic E-state index is 12.7. The summed E-state index contributed by atoms with van der Waals surface area (Å²) in [6.07, 6.45) is 0. The van der Waals surface area contributed by atoms with E-state index in [0.29, 0.717) is 11.4 Å². The van der Waals surface area contributed by atoms with Gasteiger partial charge >= 0.3 is 0 Å². The van der Waals surface area contributed by atoms with Crippen LogP contribution in [0.1, 0.15) is 16.7 Å². The normalized spacial score (nSPS) is 11.8. The van der Waals surface area contributed by atoms with Gasteiger partial charge < -0.3 is 10.1 Å². The maximum absolute atomic E-state index is 12.7. The van der Waals surface area contributed by atoms with E-state index in [4.69, 9.17) is 4.74 Å². The molecule has 0 bridgehead atoms. The second-order valence-electron chi connectivity index (χ2n) is 8.39. The van der Waals surface area contributed by atoms with Gasteiger partial charge in [-0.3, -0.25) is 9.52 Å². The Morgan fingerprint density at radius 1 is 0.861 bits per heavy atom. The fourth-order valence-electron chi connectivity index (χ4n) is 3.16. The zero-order valence-corrected chi connectivity index (χ0v) is 22.1. The summed E-state index contributed by atoms with van der Waals surface area (Å²) in [7, 11) is -4.38. The molecule has 0 heterocycles. The summed E-state index contributed by atoms with van der Waals surface area (Å²) in [6.45, 7) is 3.64. The third-order valence-electron chi connectivity index (χ3n) is 5.33. The predicted octanol–water partition coefficient (Wildman–Crippen LogP) is 3.05. The van der Waals surface area contributed by atoms with Gasteiger partial charge in [-0.05, 0) is 73.0 Å². The summed E-state index contributed by atoms with van der Waals surface area (Å²) in [5.74, 6) is -0.0395. The molecule has 3 aromatic rings. The number of sulfonamides is 2. The lowest BCUT2D eigenvalue weighted by molar-refractivity contribution is -0.123. The van der Waals surface area contributed by atoms with E-state index < -0.39 is 20.0 Å². The smallest absolute Gasteiger partial charge is 0.261 e. The lowest BCUT2D eigenvalue weighted by Gasteiger charge is -2.12. The van der Waals surface area contributed by atoms with Crippen molar-refractivity contribution in [3.05, 3.63) is 83.4 Å². The van der Waals surface area contributed by atoms with E-state index >= 15 is 0 Å². The first-order valence-corrected chi connectivity index (χ1v) is 13.9. The summed E-state index contributed by atoms with van der Waals surface area (Å²) < 4.78 is 58.9. The van der Waals surface area contributed by atoms with E-state index in [1.165, 1.54) is 50.5 Å². The molecule has 1 amide bonds. The Hall–Kier alpha value is -3.41. The Balaban J connectivity index is 1.52. The van der Waals surface area contributed by atoms with Crippen molar-refractivity contribution in [3.8, 4) is 5.75 Å². The molecule has 0 spiro atoms. The van der Waals surface area contributed by atoms with Crippen molar-refractivity contribution in [2.45, 2.75) is 30.2 Å². The summed E-state index contributed by atoms with van der Waals surface area (Å²) in [4.78, 5) is 12.4. The largest absolute Gasteiger partial charge is 0.484 e. The van der Waals surface area contributed by atoms with Crippen molar-refractivity contribution in [3.63, 3.8) is 0 Å². The van der Waals surface area contributed by atoms with Gasteiger partial charge in [-0.1, -0.05) is 24.3 Å². The molecule has 36 heavy (non-hydrogen) atoms. The Labute approximate surface area is 212 Å². The highest BCUT2D eigenvalue weighted by Crippen LogP contribution is 2.22. The molecule has 192 valence electrons. The van der Waals surface area contributed by atoms with Crippen LogP contribution in [0, 0.1) is 13.8 Å². The van der Waals surface area contributed by atoms with E-state index in [1.807, 2.05) is 26.0 Å². The number of nitrogens with zero attached hydrogens (tertiary/aromatic N) is 1. The average molecular weight is 532 g/mol. The molecule has 0 aliphatic rings. The number of benzene rings is 3. The SMILES string of the molecule is Cc1ccc(C)c(NS(=O)(=O)c2ccc(OCC(=O)NCc3ccc(S(=O)(=O)N(C)C)cc3)cc2)c1. The summed E-state index contributed by atoms with van der Waals surface area (Å²) in [6, 6.07) is 17.5. The van der Waals surface area contributed by atoms with Gasteiger partial charge in [-0.25, -0.2) is 21.1 Å². The van der Waals surface area contributed by atoms with Gasteiger partial charge in [-0.2, -0.15) is 0 Å². The molecule has 0 aliphatic heterocycles. The molecule has 0 fully saturated rings. The van der Waals surface area contributed by atoms with Crippen molar-refractivity contribution < 1.29 is 26.4 Å². The van der Waals surface area contributed by atoms with Crippen molar-refractivity contribution in [1.82, 2.24) is 9.62 Å². The molecule has 9 nitrogen and oxygen atoms in total. The molecule has 3 aromatic carbocycles. The summed E-state index contributed by atoms with van der Waals surface area (Å²) in [5, 5.41) is 2.69. The van der Waals surface area contributed by atoms with E-state index in [-0.39, 0.29) is 28.8 Å². The molecule has 0 atom stereocenters. The van der Waals surface area contributed by atoms with Crippen LogP contribution >= 0.6 is 0 Å². The van der Waals surface area contributed by atoms with Crippen molar-refractivity contribution in [2.24, 2.45) is 0 Å². The lowest BCUT2D eigenvalue weighted by Crippen LogP contribution is -2.28. The number of carbonyl (C=O) groups excluding carboxylic acids is 1. The van der Waals surface area contributed by atoms with E-state index in [1.54, 1.807) is 18.2 Å². The van der Waals surface area contributed by atoms with Crippen LogP contribution in [0.2, 0.25) is 0 Å². The Kier molecular flexibility index (Phi) is 8.39. The molecule has 0 saturated heterocycles. The Morgan fingerprint density at radius 2 is 1.47 bits per heavy atom. The van der Waals surface area contributed by atoms with Crippen LogP contribution in [-0.2, 0) is 31.4 Å². The molecule has 0 unspecified atom stereocenters. The third kappa shape index (κ3) is 6.84. The molecule has 2 N–H and O–H groups in total. The minimum atomic E-state index is -3.78. The second kappa shape index (κ2) is 11.1. The highest BCUT2D eigenvalue weighted by atomic mass is 32.2. The molecule has 0 aliphatic carbocycles. The number of aryl methyl sites for hydroxylation is 2. The number of carbonyl (C=O) groups is 1. The van der Waals surface area contributed by atoms with E-state index in [2.05, 4.69) is 10.0 Å². The van der Waals surface area contributed by atoms with Crippen molar-refractivity contribution in [2.75, 3.05) is 25.4 Å². The van der Waals surface area contributed by atoms with Gasteiger partial charge in [-0.15, -0.1) is 0 Å². The van der Waals surface area contributed by atoms with Crippen molar-refractivity contribution in [1.29, 1.82) is 0 Å². The number of hydrogen-bond donors (Lipinski definition) is 2. The van der Waals surface area contributed by atoms with Crippen LogP contribution in [0.4, 0.5) is 5.69 Å². The quantitative estimate of drug-likeness (QED) is 0.415. The first-order valence-electron chi connectivity index (χ1n) is 11.0. The predicted molar refractivity (Wildman–Crippen MR) is 138 cm³/mol. The monoisotopic (exact) mass is 531 g/mol. The van der Waals surface area contributed by atoms with Crippen LogP contribution in [-0.4, -0.2) is 47.8 Å². The molecule has 3 rings (SSSR count). The fraction of sp³-hybridized carbons (Fsp3) is 0.240. The van der Waals surface area contributed by atoms with Gasteiger partial charge in [0, 0.05) is 20.6 Å². The average Bonchev–Trinajstić information content (AvgIpc) is 2.84. The summed E-state index contributed by atoms with van der Waals surface area (Å²) in [5.41, 5.74) is 2.99. The van der Waals surface area contributed by atoms with Gasteiger partial charge in [0.2, 0.25) is 10.0 Å². The highest BCUT2D eigenvalue weighted by molar-refractivity contribution is 7.92. The molecule has 11 heteroatoms. The molecular weight excluding hydrogens is 502 g/mol. The minimum absolute atomic E-state index is 0.0694. The molecule has 0 radical (unpaired) electrons. The lowest BCUT2D eigenvalue weighted by atomic mass is 10.1. The topological polar surface area (TPSA) is 122 Å². The van der Waals surface area contributed by atoms with Gasteiger partial charge in [0.15, 0.2) is 6.61 Å². The molecule has 0 saturated carbocycles. The van der Waals surface area contributed by atoms with Gasteiger partial charge in [0.05, 0.1) is 15.5 Å². The maximum Gasteiger partial charge on any atom is 0.261 e.